The lowest BCUT2D eigenvalue weighted by atomic mass is 9.99. The largest absolute Gasteiger partial charge is 0.492 e. The minimum atomic E-state index is -3.56. The number of benzene rings is 2. The van der Waals surface area contributed by atoms with Crippen LogP contribution in [0, 0.1) is 5.92 Å². The van der Waals surface area contributed by atoms with Gasteiger partial charge in [-0.15, -0.1) is 0 Å². The summed E-state index contributed by atoms with van der Waals surface area (Å²) in [5.74, 6) is 0.968. The van der Waals surface area contributed by atoms with Crippen LogP contribution in [-0.2, 0) is 29.5 Å². The molecular formula is C25H33N3O3S. The molecule has 172 valence electrons. The Balaban J connectivity index is 1.41. The van der Waals surface area contributed by atoms with Gasteiger partial charge in [0.1, 0.15) is 10.6 Å². The average molecular weight is 456 g/mol. The molecule has 0 amide bonds. The van der Waals surface area contributed by atoms with E-state index in [2.05, 4.69) is 28.8 Å². The van der Waals surface area contributed by atoms with E-state index in [1.54, 1.807) is 4.31 Å². The number of rotatable bonds is 7. The Hall–Kier alpha value is -1.93. The Labute approximate surface area is 191 Å². The fourth-order valence-electron chi connectivity index (χ4n) is 5.00. The normalized spacial score (nSPS) is 19.9. The van der Waals surface area contributed by atoms with Crippen LogP contribution in [0.25, 0.3) is 0 Å². The predicted molar refractivity (Wildman–Crippen MR) is 125 cm³/mol. The van der Waals surface area contributed by atoms with E-state index < -0.39 is 10.0 Å². The third-order valence-corrected chi connectivity index (χ3v) is 8.85. The van der Waals surface area contributed by atoms with Crippen LogP contribution in [0.5, 0.6) is 5.75 Å². The number of sulfonamides is 1. The molecule has 3 aliphatic heterocycles. The summed E-state index contributed by atoms with van der Waals surface area (Å²) in [5.41, 5.74) is 4.91. The molecule has 2 aromatic rings. The Bertz CT molecular complexity index is 1060. The summed E-state index contributed by atoms with van der Waals surface area (Å²) in [5, 5.41) is 6.75. The first-order valence-corrected chi connectivity index (χ1v) is 13.3. The molecule has 0 bridgehead atoms. The van der Waals surface area contributed by atoms with Gasteiger partial charge < -0.3 is 15.4 Å². The highest BCUT2D eigenvalue weighted by atomic mass is 32.2. The number of piperidine rings is 1. The summed E-state index contributed by atoms with van der Waals surface area (Å²) in [7, 11) is -3.56. The molecule has 0 aliphatic carbocycles. The number of fused-ring (bicyclic) bond motifs is 1. The molecule has 6 nitrogen and oxygen atoms in total. The van der Waals surface area contributed by atoms with E-state index in [9.17, 15) is 8.42 Å². The van der Waals surface area contributed by atoms with Crippen molar-refractivity contribution in [2.24, 2.45) is 5.92 Å². The molecule has 5 rings (SSSR count). The summed E-state index contributed by atoms with van der Waals surface area (Å²) < 4.78 is 34.7. The van der Waals surface area contributed by atoms with Gasteiger partial charge in [0.25, 0.3) is 0 Å². The highest BCUT2D eigenvalue weighted by Gasteiger charge is 2.30. The summed E-state index contributed by atoms with van der Waals surface area (Å²) >= 11 is 0. The molecule has 2 fully saturated rings. The van der Waals surface area contributed by atoms with E-state index >= 15 is 0 Å². The molecule has 0 atom stereocenters. The van der Waals surface area contributed by atoms with Crippen molar-refractivity contribution in [3.8, 4) is 5.75 Å². The third kappa shape index (κ3) is 4.71. The number of ether oxygens (including phenoxy) is 1. The quantitative estimate of drug-likeness (QED) is 0.672. The molecule has 0 unspecified atom stereocenters. The topological polar surface area (TPSA) is 70.7 Å². The second-order valence-electron chi connectivity index (χ2n) is 9.28. The Morgan fingerprint density at radius 3 is 2.44 bits per heavy atom. The zero-order valence-electron chi connectivity index (χ0n) is 18.6. The zero-order chi connectivity index (χ0) is 22.0. The van der Waals surface area contributed by atoms with E-state index in [0.717, 1.165) is 57.4 Å². The van der Waals surface area contributed by atoms with Crippen molar-refractivity contribution in [1.82, 2.24) is 14.9 Å². The molecule has 0 aromatic heterocycles. The van der Waals surface area contributed by atoms with Gasteiger partial charge in [-0.25, -0.2) is 8.42 Å². The summed E-state index contributed by atoms with van der Waals surface area (Å²) in [4.78, 5) is 0.327. The van der Waals surface area contributed by atoms with Crippen LogP contribution >= 0.6 is 0 Å². The van der Waals surface area contributed by atoms with E-state index in [4.69, 9.17) is 4.74 Å². The summed E-state index contributed by atoms with van der Waals surface area (Å²) in [6, 6.07) is 12.3. The molecule has 32 heavy (non-hydrogen) atoms. The molecule has 0 spiro atoms. The van der Waals surface area contributed by atoms with Gasteiger partial charge in [0, 0.05) is 26.2 Å². The van der Waals surface area contributed by atoms with Gasteiger partial charge in [0.05, 0.1) is 6.61 Å². The Kier molecular flexibility index (Phi) is 6.51. The molecule has 2 aromatic carbocycles. The van der Waals surface area contributed by atoms with Gasteiger partial charge in [-0.1, -0.05) is 24.3 Å². The van der Waals surface area contributed by atoms with Crippen molar-refractivity contribution in [2.75, 3.05) is 32.8 Å². The Morgan fingerprint density at radius 2 is 1.62 bits per heavy atom. The second kappa shape index (κ2) is 9.51. The first-order valence-electron chi connectivity index (χ1n) is 11.9. The third-order valence-electron chi connectivity index (χ3n) is 6.93. The minimum absolute atomic E-state index is 0.327. The van der Waals surface area contributed by atoms with E-state index in [0.29, 0.717) is 42.7 Å². The van der Waals surface area contributed by atoms with Crippen LogP contribution in [0.1, 0.15) is 47.9 Å². The molecule has 0 radical (unpaired) electrons. The van der Waals surface area contributed by atoms with Crippen LogP contribution in [0.2, 0.25) is 0 Å². The smallest absolute Gasteiger partial charge is 0.246 e. The second-order valence-corrected chi connectivity index (χ2v) is 11.2. The van der Waals surface area contributed by atoms with Crippen molar-refractivity contribution in [3.05, 3.63) is 58.7 Å². The van der Waals surface area contributed by atoms with Crippen LogP contribution in [-0.4, -0.2) is 45.5 Å². The monoisotopic (exact) mass is 455 g/mol. The number of hydrogen-bond donors (Lipinski definition) is 2. The van der Waals surface area contributed by atoms with Gasteiger partial charge in [0.2, 0.25) is 10.0 Å². The van der Waals surface area contributed by atoms with E-state index in [1.165, 1.54) is 16.7 Å². The van der Waals surface area contributed by atoms with Gasteiger partial charge in [-0.3, -0.25) is 0 Å². The van der Waals surface area contributed by atoms with Crippen molar-refractivity contribution in [1.29, 1.82) is 0 Å². The molecule has 3 aliphatic rings. The molecule has 7 heteroatoms. The maximum atomic E-state index is 13.5. The van der Waals surface area contributed by atoms with Crippen LogP contribution < -0.4 is 15.4 Å². The van der Waals surface area contributed by atoms with Crippen molar-refractivity contribution >= 4 is 10.0 Å². The fourth-order valence-corrected chi connectivity index (χ4v) is 6.70. The lowest BCUT2D eigenvalue weighted by Gasteiger charge is -2.24. The SMILES string of the molecule is O=S(=O)(c1cc(Cc2ccc3c(c2)CNC3)ccc1OCC1CCNCC1)N1CCCC1. The number of nitrogens with one attached hydrogen (secondary N) is 2. The highest BCUT2D eigenvalue weighted by molar-refractivity contribution is 7.89. The van der Waals surface area contributed by atoms with Gasteiger partial charge >= 0.3 is 0 Å². The molecular weight excluding hydrogens is 422 g/mol. The molecule has 2 saturated heterocycles. The van der Waals surface area contributed by atoms with Gasteiger partial charge in [-0.2, -0.15) is 4.31 Å². The predicted octanol–water partition coefficient (Wildman–Crippen LogP) is 3.04. The average Bonchev–Trinajstić information content (AvgIpc) is 3.51. The molecule has 0 saturated carbocycles. The highest BCUT2D eigenvalue weighted by Crippen LogP contribution is 2.32. The molecule has 3 heterocycles. The van der Waals surface area contributed by atoms with Crippen LogP contribution in [0.4, 0.5) is 0 Å². The summed E-state index contributed by atoms with van der Waals surface area (Å²) in [6.45, 7) is 5.60. The van der Waals surface area contributed by atoms with E-state index in [1.807, 2.05) is 18.2 Å². The first-order chi connectivity index (χ1) is 15.6. The summed E-state index contributed by atoms with van der Waals surface area (Å²) in [6.07, 6.45) is 4.70. The van der Waals surface area contributed by atoms with Crippen molar-refractivity contribution in [2.45, 2.75) is 50.1 Å². The maximum absolute atomic E-state index is 13.5. The Morgan fingerprint density at radius 1 is 0.906 bits per heavy atom. The van der Waals surface area contributed by atoms with Crippen molar-refractivity contribution in [3.63, 3.8) is 0 Å². The fraction of sp³-hybridized carbons (Fsp3) is 0.520. The lowest BCUT2D eigenvalue weighted by Crippen LogP contribution is -2.31. The number of hydrogen-bond acceptors (Lipinski definition) is 5. The minimum Gasteiger partial charge on any atom is -0.492 e. The zero-order valence-corrected chi connectivity index (χ0v) is 19.4. The van der Waals surface area contributed by atoms with Crippen LogP contribution in [0.3, 0.4) is 0 Å². The number of nitrogens with zero attached hydrogens (tertiary/aromatic N) is 1. The maximum Gasteiger partial charge on any atom is 0.246 e. The van der Waals surface area contributed by atoms with Gasteiger partial charge in [-0.05, 0) is 85.5 Å². The lowest BCUT2D eigenvalue weighted by molar-refractivity contribution is 0.211. The standard InChI is InChI=1S/C25H33N3O3S/c29-32(30,28-11-1-2-12-28)25-15-21(13-20-3-5-22-16-27-17-23(22)14-20)4-6-24(25)31-18-19-7-9-26-10-8-19/h3-6,14-15,19,26-27H,1-2,7-13,16-18H2. The molecule has 2 N–H and O–H groups in total. The van der Waals surface area contributed by atoms with Gasteiger partial charge in [0.15, 0.2) is 0 Å². The van der Waals surface area contributed by atoms with E-state index in [-0.39, 0.29) is 0 Å². The first kappa shape index (κ1) is 21.9. The van der Waals surface area contributed by atoms with Crippen LogP contribution in [0.15, 0.2) is 41.3 Å². The van der Waals surface area contributed by atoms with Crippen molar-refractivity contribution < 1.29 is 13.2 Å².